The van der Waals surface area contributed by atoms with Crippen molar-refractivity contribution in [3.05, 3.63) is 34.0 Å². The van der Waals surface area contributed by atoms with E-state index in [1.165, 1.54) is 0 Å². The third kappa shape index (κ3) is 6.60. The van der Waals surface area contributed by atoms with Gasteiger partial charge in [-0.25, -0.2) is 9.13 Å². The summed E-state index contributed by atoms with van der Waals surface area (Å²) in [5.41, 5.74) is 0. The third-order valence-electron chi connectivity index (χ3n) is 1.31. The number of aryl methyl sites for hydroxylation is 2. The summed E-state index contributed by atoms with van der Waals surface area (Å²) in [4.78, 5) is 8.25. The lowest BCUT2D eigenvalue weighted by atomic mass is 10.5. The molecule has 0 atom stereocenters. The quantitative estimate of drug-likeness (QED) is 0.379. The Morgan fingerprint density at radius 3 is 2.57 bits per heavy atom. The molecule has 1 rings (SSSR count). The molecule has 14 heavy (non-hydrogen) atoms. The summed E-state index contributed by atoms with van der Waals surface area (Å²) in [6, 6.07) is 2.10. The summed E-state index contributed by atoms with van der Waals surface area (Å²) in [6.45, 7) is 0.789. The van der Waals surface area contributed by atoms with Crippen molar-refractivity contribution in [1.29, 1.82) is 5.26 Å². The Morgan fingerprint density at radius 1 is 1.64 bits per heavy atom. The molecule has 7 heteroatoms. The highest BCUT2D eigenvalue weighted by Crippen LogP contribution is 1.86. The highest BCUT2D eigenvalue weighted by Gasteiger charge is 1.96. The third-order valence-corrected chi connectivity index (χ3v) is 1.31. The van der Waals surface area contributed by atoms with Crippen LogP contribution in [0.3, 0.4) is 0 Å². The molecule has 0 N–H and O–H groups in total. The molecule has 7 nitrogen and oxygen atoms in total. The molecule has 0 radical (unpaired) electrons. The van der Waals surface area contributed by atoms with Crippen LogP contribution in [0.1, 0.15) is 6.42 Å². The van der Waals surface area contributed by atoms with Gasteiger partial charge >= 0.3 is 0 Å². The first kappa shape index (κ1) is 11.9. The van der Waals surface area contributed by atoms with Gasteiger partial charge in [0, 0.05) is 0 Å². The van der Waals surface area contributed by atoms with Crippen molar-refractivity contribution < 1.29 is 9.65 Å². The van der Waals surface area contributed by atoms with Crippen molar-refractivity contribution in [3.8, 4) is 6.07 Å². The topological polar surface area (TPSA) is 98.8 Å². The average molecular weight is 198 g/mol. The second-order valence-corrected chi connectivity index (χ2v) is 2.45. The van der Waals surface area contributed by atoms with Crippen LogP contribution in [-0.4, -0.2) is 9.65 Å². The van der Waals surface area contributed by atoms with Crippen molar-refractivity contribution in [2.24, 2.45) is 7.05 Å². The molecule has 76 valence electrons. The lowest BCUT2D eigenvalue weighted by Crippen LogP contribution is -2.23. The molecule has 0 fully saturated rings. The molecule has 0 unspecified atom stereocenters. The highest BCUT2D eigenvalue weighted by atomic mass is 16.9. The first-order chi connectivity index (χ1) is 6.56. The maximum Gasteiger partial charge on any atom is 0.243 e. The number of nitriles is 1. The van der Waals surface area contributed by atoms with Gasteiger partial charge in [0.05, 0.1) is 24.6 Å². The van der Waals surface area contributed by atoms with Crippen LogP contribution in [0, 0.1) is 26.7 Å². The van der Waals surface area contributed by atoms with Gasteiger partial charge in [0.2, 0.25) is 6.33 Å². The van der Waals surface area contributed by atoms with Crippen molar-refractivity contribution in [2.75, 3.05) is 0 Å². The minimum absolute atomic E-state index is 0.578. The second kappa shape index (κ2) is 6.42. The molecule has 0 aliphatic heterocycles. The van der Waals surface area contributed by atoms with Gasteiger partial charge in [-0.3, -0.25) is 0 Å². The van der Waals surface area contributed by atoms with Crippen molar-refractivity contribution in [3.63, 3.8) is 0 Å². The average Bonchev–Trinajstić information content (AvgIpc) is 2.47. The fourth-order valence-electron chi connectivity index (χ4n) is 0.813. The number of aromatic nitrogens is 2. The van der Waals surface area contributed by atoms with Gasteiger partial charge in [0.25, 0.3) is 0 Å². The van der Waals surface area contributed by atoms with Gasteiger partial charge in [0.1, 0.15) is 18.9 Å². The molecule has 0 saturated heterocycles. The predicted octanol–water partition coefficient (Wildman–Crippen LogP) is -0.0128. The van der Waals surface area contributed by atoms with Gasteiger partial charge in [0.15, 0.2) is 0 Å². The second-order valence-electron chi connectivity index (χ2n) is 2.45. The smallest absolute Gasteiger partial charge is 0.243 e. The zero-order chi connectivity index (χ0) is 11.0. The lowest BCUT2D eigenvalue weighted by Gasteiger charge is -1.85. The van der Waals surface area contributed by atoms with E-state index in [-0.39, 0.29) is 0 Å². The summed E-state index contributed by atoms with van der Waals surface area (Å²) in [6.07, 6.45) is 6.45. The van der Waals surface area contributed by atoms with Crippen LogP contribution in [0.15, 0.2) is 18.7 Å². The van der Waals surface area contributed by atoms with Crippen LogP contribution >= 0.6 is 0 Å². The molecular weight excluding hydrogens is 188 g/mol. The zero-order valence-corrected chi connectivity index (χ0v) is 7.66. The Morgan fingerprint density at radius 2 is 2.21 bits per heavy atom. The van der Waals surface area contributed by atoms with E-state index in [2.05, 4.69) is 6.07 Å². The minimum atomic E-state index is -1.75. The number of hydrogen-bond acceptors (Lipinski definition) is 4. The Bertz CT molecular complexity index is 324. The largest absolute Gasteiger partial charge is 0.356 e. The standard InChI is InChI=1S/C7H10N3.NO3/c1-9-5-6-10(7-9)4-2-3-8;2-1(3)4/h5-7H,2,4H2,1H3;/q+1;-1. The fraction of sp³-hybridized carbons (Fsp3) is 0.429. The Labute approximate surface area is 80.5 Å². The number of rotatable bonds is 2. The van der Waals surface area contributed by atoms with E-state index in [0.29, 0.717) is 6.42 Å². The van der Waals surface area contributed by atoms with Gasteiger partial charge in [-0.1, -0.05) is 0 Å². The van der Waals surface area contributed by atoms with Crippen molar-refractivity contribution in [1.82, 2.24) is 4.57 Å². The van der Waals surface area contributed by atoms with Crippen LogP contribution in [0.5, 0.6) is 0 Å². The van der Waals surface area contributed by atoms with Crippen LogP contribution in [0.25, 0.3) is 0 Å². The maximum absolute atomic E-state index is 8.26. The predicted molar refractivity (Wildman–Crippen MR) is 46.2 cm³/mol. The van der Waals surface area contributed by atoms with Gasteiger partial charge < -0.3 is 15.3 Å². The Hall–Kier alpha value is -2.10. The maximum atomic E-state index is 8.26. The summed E-state index contributed by atoms with van der Waals surface area (Å²) in [5.74, 6) is 0. The molecule has 1 heterocycles. The van der Waals surface area contributed by atoms with E-state index in [0.717, 1.165) is 6.54 Å². The number of nitrogens with zero attached hydrogens (tertiary/aromatic N) is 4. The van der Waals surface area contributed by atoms with E-state index >= 15 is 0 Å². The zero-order valence-electron chi connectivity index (χ0n) is 7.66. The monoisotopic (exact) mass is 198 g/mol. The molecule has 1 aromatic heterocycles. The molecule has 0 spiro atoms. The normalized spacial score (nSPS) is 8.29. The summed E-state index contributed by atoms with van der Waals surface area (Å²) in [7, 11) is 1.96. The summed E-state index contributed by atoms with van der Waals surface area (Å²) < 4.78 is 3.95. The van der Waals surface area contributed by atoms with Gasteiger partial charge in [-0.15, -0.1) is 0 Å². The summed E-state index contributed by atoms with van der Waals surface area (Å²) in [5, 5.41) is 23.0. The van der Waals surface area contributed by atoms with Crippen LogP contribution in [0.2, 0.25) is 0 Å². The molecule has 0 aromatic carbocycles. The van der Waals surface area contributed by atoms with Gasteiger partial charge in [-0.05, 0) is 0 Å². The van der Waals surface area contributed by atoms with E-state index in [9.17, 15) is 0 Å². The van der Waals surface area contributed by atoms with E-state index < -0.39 is 5.09 Å². The summed E-state index contributed by atoms with van der Waals surface area (Å²) >= 11 is 0. The Kier molecular flexibility index (Phi) is 5.46. The molecule has 0 aliphatic rings. The van der Waals surface area contributed by atoms with Gasteiger partial charge in [-0.2, -0.15) is 5.26 Å². The molecular formula is C7H10N4O3. The molecule has 1 aromatic rings. The Balaban J connectivity index is 0.000000364. The van der Waals surface area contributed by atoms with Crippen LogP contribution in [0.4, 0.5) is 0 Å². The molecule has 0 amide bonds. The SMILES string of the molecule is C[n+]1ccn(CCC#N)c1.O=[N+]([O-])[O-]. The minimum Gasteiger partial charge on any atom is -0.356 e. The van der Waals surface area contributed by atoms with Crippen LogP contribution in [-0.2, 0) is 13.6 Å². The first-order valence-electron chi connectivity index (χ1n) is 3.75. The fourth-order valence-corrected chi connectivity index (χ4v) is 0.813. The van der Waals surface area contributed by atoms with E-state index in [1.807, 2.05) is 34.9 Å². The molecule has 0 aliphatic carbocycles. The number of hydrogen-bond donors (Lipinski definition) is 0. The first-order valence-corrected chi connectivity index (χ1v) is 3.75. The lowest BCUT2D eigenvalue weighted by molar-refractivity contribution is -0.671. The highest BCUT2D eigenvalue weighted by molar-refractivity contribution is 4.72. The van der Waals surface area contributed by atoms with Crippen LogP contribution < -0.4 is 4.57 Å². The van der Waals surface area contributed by atoms with Crippen molar-refractivity contribution >= 4 is 0 Å². The number of imidazole rings is 1. The molecule has 0 saturated carbocycles. The van der Waals surface area contributed by atoms with E-state index in [1.54, 1.807) is 0 Å². The van der Waals surface area contributed by atoms with E-state index in [4.69, 9.17) is 20.6 Å². The van der Waals surface area contributed by atoms with Crippen molar-refractivity contribution in [2.45, 2.75) is 13.0 Å². The molecule has 0 bridgehead atoms.